The second-order valence-electron chi connectivity index (χ2n) is 4.67. The Hall–Kier alpha value is -0.410. The standard InChI is InChI=1S/C13H19BrN2/c1-10(11-5-2-3-6-11)15-9-12-7-4-8-13(14)16-12/h4,7-8,10-11,15H,2-3,5-6,9H2,1H3/t10-/m0/s1. The molecule has 0 amide bonds. The van der Waals surface area contributed by atoms with E-state index in [4.69, 9.17) is 0 Å². The number of rotatable bonds is 4. The Morgan fingerprint density at radius 2 is 2.19 bits per heavy atom. The van der Waals surface area contributed by atoms with E-state index in [9.17, 15) is 0 Å². The molecule has 0 bridgehead atoms. The lowest BCUT2D eigenvalue weighted by Crippen LogP contribution is -2.31. The van der Waals surface area contributed by atoms with Crippen LogP contribution in [0.4, 0.5) is 0 Å². The van der Waals surface area contributed by atoms with Gasteiger partial charge in [-0.05, 0) is 53.7 Å². The summed E-state index contributed by atoms with van der Waals surface area (Å²) >= 11 is 3.40. The Bertz CT molecular complexity index is 334. The molecule has 16 heavy (non-hydrogen) atoms. The van der Waals surface area contributed by atoms with Crippen LogP contribution in [0, 0.1) is 5.92 Å². The summed E-state index contributed by atoms with van der Waals surface area (Å²) in [7, 11) is 0. The zero-order chi connectivity index (χ0) is 11.4. The molecule has 1 saturated carbocycles. The third kappa shape index (κ3) is 3.29. The average molecular weight is 283 g/mol. The highest BCUT2D eigenvalue weighted by Gasteiger charge is 2.20. The summed E-state index contributed by atoms with van der Waals surface area (Å²) in [6.07, 6.45) is 5.60. The van der Waals surface area contributed by atoms with Gasteiger partial charge in [0.1, 0.15) is 4.60 Å². The first-order chi connectivity index (χ1) is 7.75. The highest BCUT2D eigenvalue weighted by Crippen LogP contribution is 2.27. The van der Waals surface area contributed by atoms with Gasteiger partial charge in [-0.25, -0.2) is 4.98 Å². The second-order valence-corrected chi connectivity index (χ2v) is 5.48. The second kappa shape index (κ2) is 5.78. The monoisotopic (exact) mass is 282 g/mol. The van der Waals surface area contributed by atoms with E-state index in [2.05, 4.69) is 39.2 Å². The van der Waals surface area contributed by atoms with Gasteiger partial charge in [-0.3, -0.25) is 0 Å². The average Bonchev–Trinajstić information content (AvgIpc) is 2.79. The smallest absolute Gasteiger partial charge is 0.106 e. The largest absolute Gasteiger partial charge is 0.308 e. The van der Waals surface area contributed by atoms with Crippen molar-refractivity contribution in [1.29, 1.82) is 0 Å². The SMILES string of the molecule is C[C@H](NCc1cccc(Br)n1)C1CCCC1. The van der Waals surface area contributed by atoms with Gasteiger partial charge in [0, 0.05) is 12.6 Å². The molecular formula is C13H19BrN2. The van der Waals surface area contributed by atoms with Gasteiger partial charge >= 0.3 is 0 Å². The van der Waals surface area contributed by atoms with Crippen LogP contribution in [0.3, 0.4) is 0 Å². The fourth-order valence-corrected chi connectivity index (χ4v) is 2.82. The van der Waals surface area contributed by atoms with E-state index < -0.39 is 0 Å². The molecular weight excluding hydrogens is 264 g/mol. The van der Waals surface area contributed by atoms with Gasteiger partial charge < -0.3 is 5.32 Å². The Morgan fingerprint density at radius 1 is 1.44 bits per heavy atom. The molecule has 1 atom stereocenters. The third-order valence-electron chi connectivity index (χ3n) is 3.48. The summed E-state index contributed by atoms with van der Waals surface area (Å²) in [5.41, 5.74) is 1.11. The van der Waals surface area contributed by atoms with Crippen molar-refractivity contribution in [2.75, 3.05) is 0 Å². The van der Waals surface area contributed by atoms with Crippen LogP contribution in [0.5, 0.6) is 0 Å². The van der Waals surface area contributed by atoms with Gasteiger partial charge in [-0.1, -0.05) is 18.9 Å². The van der Waals surface area contributed by atoms with Crippen molar-refractivity contribution in [1.82, 2.24) is 10.3 Å². The number of nitrogens with zero attached hydrogens (tertiary/aromatic N) is 1. The number of aromatic nitrogens is 1. The predicted molar refractivity (Wildman–Crippen MR) is 70.2 cm³/mol. The molecule has 0 aromatic carbocycles. The lowest BCUT2D eigenvalue weighted by Gasteiger charge is -2.20. The van der Waals surface area contributed by atoms with E-state index in [1.165, 1.54) is 25.7 Å². The molecule has 0 unspecified atom stereocenters. The summed E-state index contributed by atoms with van der Waals surface area (Å²) in [4.78, 5) is 4.43. The maximum absolute atomic E-state index is 4.43. The molecule has 0 aliphatic heterocycles. The van der Waals surface area contributed by atoms with Crippen LogP contribution in [0.25, 0.3) is 0 Å². The van der Waals surface area contributed by atoms with Crippen LogP contribution >= 0.6 is 15.9 Å². The molecule has 1 heterocycles. The van der Waals surface area contributed by atoms with E-state index in [1.54, 1.807) is 0 Å². The zero-order valence-corrected chi connectivity index (χ0v) is 11.3. The minimum Gasteiger partial charge on any atom is -0.308 e. The summed E-state index contributed by atoms with van der Waals surface area (Å²) in [6, 6.07) is 6.68. The van der Waals surface area contributed by atoms with Crippen LogP contribution in [-0.4, -0.2) is 11.0 Å². The van der Waals surface area contributed by atoms with Crippen LogP contribution < -0.4 is 5.32 Å². The quantitative estimate of drug-likeness (QED) is 0.855. The van der Waals surface area contributed by atoms with E-state index in [-0.39, 0.29) is 0 Å². The number of hydrogen-bond donors (Lipinski definition) is 1. The molecule has 2 rings (SSSR count). The highest BCUT2D eigenvalue weighted by atomic mass is 79.9. The molecule has 0 spiro atoms. The molecule has 3 heteroatoms. The van der Waals surface area contributed by atoms with Crippen molar-refractivity contribution in [3.63, 3.8) is 0 Å². The first-order valence-electron chi connectivity index (χ1n) is 6.10. The molecule has 88 valence electrons. The summed E-state index contributed by atoms with van der Waals surface area (Å²) in [5, 5.41) is 3.58. The van der Waals surface area contributed by atoms with Crippen molar-refractivity contribution in [3.05, 3.63) is 28.5 Å². The van der Waals surface area contributed by atoms with Crippen molar-refractivity contribution in [2.45, 2.75) is 45.2 Å². The highest BCUT2D eigenvalue weighted by molar-refractivity contribution is 9.10. The van der Waals surface area contributed by atoms with E-state index in [0.717, 1.165) is 22.8 Å². The van der Waals surface area contributed by atoms with E-state index in [1.807, 2.05) is 12.1 Å². The molecule has 1 aromatic rings. The van der Waals surface area contributed by atoms with Gasteiger partial charge in [-0.15, -0.1) is 0 Å². The number of halogens is 1. The molecule has 1 aliphatic rings. The summed E-state index contributed by atoms with van der Waals surface area (Å²) in [5.74, 6) is 0.868. The molecule has 1 N–H and O–H groups in total. The topological polar surface area (TPSA) is 24.9 Å². The summed E-state index contributed by atoms with van der Waals surface area (Å²) < 4.78 is 0.917. The molecule has 1 aliphatic carbocycles. The Kier molecular flexibility index (Phi) is 4.36. The van der Waals surface area contributed by atoms with E-state index >= 15 is 0 Å². The van der Waals surface area contributed by atoms with Gasteiger partial charge in [0.2, 0.25) is 0 Å². The first kappa shape index (κ1) is 12.1. The zero-order valence-electron chi connectivity index (χ0n) is 9.75. The van der Waals surface area contributed by atoms with Crippen LogP contribution in [0.1, 0.15) is 38.3 Å². The lowest BCUT2D eigenvalue weighted by molar-refractivity contribution is 0.379. The van der Waals surface area contributed by atoms with Crippen LogP contribution in [0.2, 0.25) is 0 Å². The van der Waals surface area contributed by atoms with Gasteiger partial charge in [0.05, 0.1) is 5.69 Å². The van der Waals surface area contributed by atoms with Gasteiger partial charge in [-0.2, -0.15) is 0 Å². The maximum atomic E-state index is 4.43. The van der Waals surface area contributed by atoms with E-state index in [0.29, 0.717) is 6.04 Å². The Morgan fingerprint density at radius 3 is 2.88 bits per heavy atom. The third-order valence-corrected chi connectivity index (χ3v) is 3.93. The number of nitrogens with one attached hydrogen (secondary N) is 1. The maximum Gasteiger partial charge on any atom is 0.106 e. The number of pyridine rings is 1. The minimum atomic E-state index is 0.614. The molecule has 0 saturated heterocycles. The first-order valence-corrected chi connectivity index (χ1v) is 6.90. The molecule has 1 fully saturated rings. The fraction of sp³-hybridized carbons (Fsp3) is 0.615. The van der Waals surface area contributed by atoms with Crippen molar-refractivity contribution in [3.8, 4) is 0 Å². The fourth-order valence-electron chi connectivity index (χ4n) is 2.44. The van der Waals surface area contributed by atoms with Gasteiger partial charge in [0.25, 0.3) is 0 Å². The predicted octanol–water partition coefficient (Wildman–Crippen LogP) is 3.51. The lowest BCUT2D eigenvalue weighted by atomic mass is 10.00. The minimum absolute atomic E-state index is 0.614. The van der Waals surface area contributed by atoms with Gasteiger partial charge in [0.15, 0.2) is 0 Å². The number of hydrogen-bond acceptors (Lipinski definition) is 2. The normalized spacial score (nSPS) is 18.9. The Labute approximate surface area is 106 Å². The van der Waals surface area contributed by atoms with Crippen LogP contribution in [0.15, 0.2) is 22.8 Å². The molecule has 1 aromatic heterocycles. The summed E-state index contributed by atoms with van der Waals surface area (Å²) in [6.45, 7) is 3.17. The van der Waals surface area contributed by atoms with Crippen molar-refractivity contribution < 1.29 is 0 Å². The molecule has 0 radical (unpaired) electrons. The molecule has 2 nitrogen and oxygen atoms in total. The van der Waals surface area contributed by atoms with Crippen molar-refractivity contribution in [2.24, 2.45) is 5.92 Å². The van der Waals surface area contributed by atoms with Crippen LogP contribution in [-0.2, 0) is 6.54 Å². The van der Waals surface area contributed by atoms with Crippen molar-refractivity contribution >= 4 is 15.9 Å². The Balaban J connectivity index is 1.82.